The highest BCUT2D eigenvalue weighted by Gasteiger charge is 2.51. The van der Waals surface area contributed by atoms with Crippen molar-refractivity contribution in [2.24, 2.45) is 0 Å². The molecule has 2 saturated heterocycles. The zero-order valence-electron chi connectivity index (χ0n) is 46.1. The molecule has 0 aromatic heterocycles. The first-order valence-corrected chi connectivity index (χ1v) is 29.5. The summed E-state index contributed by atoms with van der Waals surface area (Å²) >= 11 is 0. The van der Waals surface area contributed by atoms with Gasteiger partial charge in [-0.05, 0) is 57.8 Å². The molecule has 0 aromatic rings. The lowest BCUT2D eigenvalue weighted by atomic mass is 9.97. The van der Waals surface area contributed by atoms with Crippen molar-refractivity contribution in [3.63, 3.8) is 0 Å². The smallest absolute Gasteiger partial charge is 0.220 e. The van der Waals surface area contributed by atoms with Gasteiger partial charge in [-0.15, -0.1) is 0 Å². The van der Waals surface area contributed by atoms with Crippen molar-refractivity contribution in [1.29, 1.82) is 0 Å². The second-order valence-electron chi connectivity index (χ2n) is 20.7. The van der Waals surface area contributed by atoms with Crippen LogP contribution < -0.4 is 5.32 Å². The van der Waals surface area contributed by atoms with Crippen molar-refractivity contribution in [3.8, 4) is 0 Å². The largest absolute Gasteiger partial charge is 0.394 e. The van der Waals surface area contributed by atoms with Crippen LogP contribution in [0.2, 0.25) is 0 Å². The third-order valence-electron chi connectivity index (χ3n) is 14.2. The normalized spacial score (nSPS) is 25.6. The van der Waals surface area contributed by atoms with Crippen LogP contribution in [0.25, 0.3) is 0 Å². The number of rotatable bonds is 46. The number of unbranched alkanes of at least 4 members (excludes halogenated alkanes) is 23. The highest BCUT2D eigenvalue weighted by atomic mass is 16.7. The number of allylic oxidation sites excluding steroid dienone is 10. The molecule has 2 rings (SSSR count). The summed E-state index contributed by atoms with van der Waals surface area (Å²) < 4.78 is 22.8. The van der Waals surface area contributed by atoms with E-state index in [2.05, 4.69) is 79.9 Å². The first kappa shape index (κ1) is 67.8. The van der Waals surface area contributed by atoms with Crippen LogP contribution in [0.1, 0.15) is 219 Å². The maximum atomic E-state index is 13.3. The fraction of sp³-hybridized carbons (Fsp3) is 0.817. The average Bonchev–Trinajstić information content (AvgIpc) is 3.40. The molecule has 1 amide bonds. The monoisotopic (exact) mass is 1050 g/mol. The average molecular weight is 1050 g/mol. The second-order valence-corrected chi connectivity index (χ2v) is 20.7. The van der Waals surface area contributed by atoms with Crippen molar-refractivity contribution < 1.29 is 64.6 Å². The lowest BCUT2D eigenvalue weighted by Crippen LogP contribution is -2.65. The molecule has 2 fully saturated rings. The first-order valence-electron chi connectivity index (χ1n) is 29.5. The third kappa shape index (κ3) is 31.2. The van der Waals surface area contributed by atoms with E-state index in [1.54, 1.807) is 0 Å². The fourth-order valence-electron chi connectivity index (χ4n) is 9.50. The number of carbonyl (C=O) groups excluding carboxylic acids is 1. The van der Waals surface area contributed by atoms with Gasteiger partial charge in [0.2, 0.25) is 5.91 Å². The Kier molecular flexibility index (Phi) is 41.9. The molecule has 2 heterocycles. The number of aliphatic hydroxyl groups is 8. The predicted molar refractivity (Wildman–Crippen MR) is 295 cm³/mol. The number of aliphatic hydroxyl groups excluding tert-OH is 8. The second kappa shape index (κ2) is 45.7. The van der Waals surface area contributed by atoms with Gasteiger partial charge < -0.3 is 65.1 Å². The maximum Gasteiger partial charge on any atom is 0.220 e. The van der Waals surface area contributed by atoms with Gasteiger partial charge in [0.25, 0.3) is 0 Å². The molecule has 0 radical (unpaired) electrons. The Labute approximate surface area is 447 Å². The Balaban J connectivity index is 1.74. The molecule has 14 nitrogen and oxygen atoms in total. The minimum atomic E-state index is -1.78. The zero-order valence-corrected chi connectivity index (χ0v) is 46.1. The number of hydrogen-bond donors (Lipinski definition) is 9. The van der Waals surface area contributed by atoms with E-state index in [9.17, 15) is 45.6 Å². The van der Waals surface area contributed by atoms with E-state index in [0.29, 0.717) is 19.3 Å². The highest BCUT2D eigenvalue weighted by molar-refractivity contribution is 5.76. The molecular formula is C60H107NO13. The van der Waals surface area contributed by atoms with E-state index in [1.165, 1.54) is 103 Å². The van der Waals surface area contributed by atoms with E-state index in [-0.39, 0.29) is 12.5 Å². The summed E-state index contributed by atoms with van der Waals surface area (Å²) in [5, 5.41) is 87.2. The van der Waals surface area contributed by atoms with Crippen molar-refractivity contribution >= 4 is 5.91 Å². The molecule has 2 aliphatic rings. The summed E-state index contributed by atoms with van der Waals surface area (Å²) in [5.41, 5.74) is 0. The van der Waals surface area contributed by atoms with Crippen LogP contribution in [0.5, 0.6) is 0 Å². The first-order chi connectivity index (χ1) is 36.1. The Morgan fingerprint density at radius 3 is 1.43 bits per heavy atom. The Morgan fingerprint density at radius 1 is 0.500 bits per heavy atom. The van der Waals surface area contributed by atoms with Gasteiger partial charge in [-0.3, -0.25) is 4.79 Å². The topological polar surface area (TPSA) is 228 Å². The standard InChI is InChI=1S/C60H107NO13/c1-3-5-7-9-11-13-15-17-19-20-21-22-23-24-25-26-27-28-30-32-34-36-38-40-42-44-52(65)61-48(49(64)43-41-39-37-35-33-31-29-18-16-14-12-10-8-6-4-2)47-71-59-57(70)55(68)58(51(46-63)73-59)74-60-56(69)54(67)53(66)50(45-62)72-60/h5,7,11,13,17,19,21-22,24-25,48-51,53-60,62-64,66-70H,3-4,6,8-10,12,14-16,18,20,23,26-47H2,1-2H3,(H,61,65)/b7-5-,13-11-,19-17-,22-21-,25-24-. The fourth-order valence-corrected chi connectivity index (χ4v) is 9.50. The minimum Gasteiger partial charge on any atom is -0.394 e. The van der Waals surface area contributed by atoms with Crippen LogP contribution in [0.4, 0.5) is 0 Å². The maximum absolute atomic E-state index is 13.3. The summed E-state index contributed by atoms with van der Waals surface area (Å²) in [4.78, 5) is 13.3. The number of amides is 1. The summed E-state index contributed by atoms with van der Waals surface area (Å²) in [7, 11) is 0. The van der Waals surface area contributed by atoms with Gasteiger partial charge in [0.15, 0.2) is 12.6 Å². The Hall–Kier alpha value is -2.31. The molecule has 14 heteroatoms. The zero-order chi connectivity index (χ0) is 53.9. The Morgan fingerprint density at radius 2 is 0.932 bits per heavy atom. The lowest BCUT2D eigenvalue weighted by molar-refractivity contribution is -0.359. The number of carbonyl (C=O) groups is 1. The van der Waals surface area contributed by atoms with Gasteiger partial charge in [0, 0.05) is 6.42 Å². The van der Waals surface area contributed by atoms with Crippen LogP contribution in [-0.2, 0) is 23.7 Å². The molecule has 12 unspecified atom stereocenters. The molecule has 430 valence electrons. The van der Waals surface area contributed by atoms with Gasteiger partial charge in [-0.1, -0.05) is 216 Å². The van der Waals surface area contributed by atoms with Crippen molar-refractivity contribution in [1.82, 2.24) is 5.32 Å². The molecule has 0 spiro atoms. The van der Waals surface area contributed by atoms with Crippen molar-refractivity contribution in [2.45, 2.75) is 293 Å². The molecular weight excluding hydrogens is 943 g/mol. The van der Waals surface area contributed by atoms with E-state index in [1.807, 2.05) is 0 Å². The van der Waals surface area contributed by atoms with E-state index in [4.69, 9.17) is 18.9 Å². The van der Waals surface area contributed by atoms with Crippen LogP contribution >= 0.6 is 0 Å². The van der Waals surface area contributed by atoms with Crippen LogP contribution in [0, 0.1) is 0 Å². The van der Waals surface area contributed by atoms with E-state index in [0.717, 1.165) is 83.5 Å². The molecule has 0 aromatic carbocycles. The summed E-state index contributed by atoms with van der Waals surface area (Å²) in [6.45, 7) is 2.74. The summed E-state index contributed by atoms with van der Waals surface area (Å²) in [6.07, 6.45) is 40.7. The number of hydrogen-bond acceptors (Lipinski definition) is 13. The van der Waals surface area contributed by atoms with Gasteiger partial charge in [-0.25, -0.2) is 0 Å². The Bertz CT molecular complexity index is 1470. The SMILES string of the molecule is CC/C=C\C/C=C\C/C=C\C/C=C\C/C=C\CCCCCCCCCCCC(=O)NC(COC1OC(CO)C(OC2OC(CO)C(O)C(O)C2O)C(O)C1O)C(O)CCCCCCCCCCCCCCCCC. The van der Waals surface area contributed by atoms with Crippen molar-refractivity contribution in [2.75, 3.05) is 19.8 Å². The van der Waals surface area contributed by atoms with E-state index >= 15 is 0 Å². The number of nitrogens with one attached hydrogen (secondary N) is 1. The molecule has 74 heavy (non-hydrogen) atoms. The van der Waals surface area contributed by atoms with Crippen molar-refractivity contribution in [3.05, 3.63) is 60.8 Å². The molecule has 0 aliphatic carbocycles. The quantitative estimate of drug-likeness (QED) is 0.0205. The summed E-state index contributed by atoms with van der Waals surface area (Å²) in [5.74, 6) is -0.215. The molecule has 0 bridgehead atoms. The van der Waals surface area contributed by atoms with Gasteiger partial charge in [0.1, 0.15) is 48.8 Å². The minimum absolute atomic E-state index is 0.215. The van der Waals surface area contributed by atoms with Crippen LogP contribution in [-0.4, -0.2) is 140 Å². The molecule has 0 saturated carbocycles. The molecule has 12 atom stereocenters. The van der Waals surface area contributed by atoms with Gasteiger partial charge >= 0.3 is 0 Å². The van der Waals surface area contributed by atoms with E-state index < -0.39 is 86.8 Å². The van der Waals surface area contributed by atoms with Crippen LogP contribution in [0.3, 0.4) is 0 Å². The predicted octanol–water partition coefficient (Wildman–Crippen LogP) is 9.78. The van der Waals surface area contributed by atoms with Crippen LogP contribution in [0.15, 0.2) is 60.8 Å². The van der Waals surface area contributed by atoms with Gasteiger partial charge in [0.05, 0.1) is 32.0 Å². The van der Waals surface area contributed by atoms with Gasteiger partial charge in [-0.2, -0.15) is 0 Å². The third-order valence-corrected chi connectivity index (χ3v) is 14.2. The molecule has 9 N–H and O–H groups in total. The lowest BCUT2D eigenvalue weighted by Gasteiger charge is -2.46. The highest BCUT2D eigenvalue weighted by Crippen LogP contribution is 2.30. The number of ether oxygens (including phenoxy) is 4. The molecule has 2 aliphatic heterocycles. The summed E-state index contributed by atoms with van der Waals surface area (Å²) in [6, 6.07) is -0.835.